The Bertz CT molecular complexity index is 1370. The van der Waals surface area contributed by atoms with Crippen molar-refractivity contribution < 1.29 is 22.4 Å². The summed E-state index contributed by atoms with van der Waals surface area (Å²) >= 11 is 0. The summed E-state index contributed by atoms with van der Waals surface area (Å²) in [7, 11) is -3.72. The number of benzene rings is 2. The van der Waals surface area contributed by atoms with Crippen molar-refractivity contribution in [1.29, 1.82) is 0 Å². The second-order valence-electron chi connectivity index (χ2n) is 8.10. The molecule has 1 fully saturated rings. The molecule has 3 heterocycles. The van der Waals surface area contributed by atoms with Crippen molar-refractivity contribution in [3.63, 3.8) is 0 Å². The van der Waals surface area contributed by atoms with E-state index in [2.05, 4.69) is 0 Å². The van der Waals surface area contributed by atoms with Gasteiger partial charge in [-0.15, -0.1) is 0 Å². The summed E-state index contributed by atoms with van der Waals surface area (Å²) in [6.07, 6.45) is 0.624. The lowest BCUT2D eigenvalue weighted by Crippen LogP contribution is -2.50. The lowest BCUT2D eigenvalue weighted by molar-refractivity contribution is 0.135. The summed E-state index contributed by atoms with van der Waals surface area (Å²) in [5.74, 6) is 0. The van der Waals surface area contributed by atoms with Crippen molar-refractivity contribution >= 4 is 32.8 Å². The van der Waals surface area contributed by atoms with Gasteiger partial charge in [0.2, 0.25) is 10.0 Å². The fraction of sp³-hybridized carbons (Fsp3) is 0.304. The Kier molecular flexibility index (Phi) is 5.02. The van der Waals surface area contributed by atoms with E-state index in [-0.39, 0.29) is 23.6 Å². The molecule has 1 saturated heterocycles. The lowest BCUT2D eigenvalue weighted by Gasteiger charge is -2.40. The van der Waals surface area contributed by atoms with E-state index in [4.69, 9.17) is 9.15 Å². The first-order chi connectivity index (χ1) is 15.3. The maximum atomic E-state index is 13.2. The van der Waals surface area contributed by atoms with Crippen LogP contribution in [-0.2, 0) is 21.4 Å². The van der Waals surface area contributed by atoms with Gasteiger partial charge in [0.15, 0.2) is 0 Å². The quantitative estimate of drug-likeness (QED) is 0.563. The van der Waals surface area contributed by atoms with Crippen molar-refractivity contribution in [2.45, 2.75) is 37.3 Å². The van der Waals surface area contributed by atoms with Crippen LogP contribution in [-0.4, -0.2) is 37.9 Å². The predicted octanol–water partition coefficient (Wildman–Crippen LogP) is 3.41. The minimum Gasteiger partial charge on any atom is -0.444 e. The number of aryl methyl sites for hydroxylation is 1. The zero-order valence-corrected chi connectivity index (χ0v) is 18.3. The topological polar surface area (TPSA) is 97.1 Å². The van der Waals surface area contributed by atoms with E-state index >= 15 is 0 Å². The first kappa shape index (κ1) is 20.7. The van der Waals surface area contributed by atoms with Crippen LogP contribution in [0.1, 0.15) is 24.0 Å². The number of cyclic esters (lactones) is 1. The number of piperidine rings is 1. The number of hydrogen-bond acceptors (Lipinski definition) is 6. The molecule has 2 aromatic carbocycles. The highest BCUT2D eigenvalue weighted by Gasteiger charge is 2.37. The zero-order chi connectivity index (χ0) is 22.5. The molecular weight excluding hydrogens is 432 g/mol. The number of para-hydroxylation sites is 1. The average Bonchev–Trinajstić information content (AvgIpc) is 2.79. The van der Waals surface area contributed by atoms with Gasteiger partial charge >= 0.3 is 11.7 Å². The maximum absolute atomic E-state index is 13.2. The van der Waals surface area contributed by atoms with Crippen LogP contribution >= 0.6 is 0 Å². The fourth-order valence-corrected chi connectivity index (χ4v) is 6.02. The van der Waals surface area contributed by atoms with E-state index in [0.29, 0.717) is 36.9 Å². The van der Waals surface area contributed by atoms with E-state index < -0.39 is 15.6 Å². The molecule has 0 N–H and O–H groups in total. The standard InChI is InChI=1S/C23H22N2O6S/c1-15-3-2-4-17-14-30-23(27)25(22(15)17)18-9-11-24(12-10-18)32(28,29)19-6-7-20-16(13-19)5-8-21(26)31-20/h2-8,13,18H,9-12,14H2,1H3. The van der Waals surface area contributed by atoms with Crippen LogP contribution in [0.2, 0.25) is 0 Å². The molecule has 5 rings (SSSR count). The van der Waals surface area contributed by atoms with Gasteiger partial charge in [0.05, 0.1) is 10.6 Å². The molecule has 0 atom stereocenters. The Morgan fingerprint density at radius 1 is 1.00 bits per heavy atom. The molecule has 32 heavy (non-hydrogen) atoms. The number of anilines is 1. The number of rotatable bonds is 3. The Balaban J connectivity index is 1.37. The molecule has 2 aliphatic heterocycles. The first-order valence-electron chi connectivity index (χ1n) is 10.4. The largest absolute Gasteiger partial charge is 0.444 e. The number of nitrogens with zero attached hydrogens (tertiary/aromatic N) is 2. The zero-order valence-electron chi connectivity index (χ0n) is 17.5. The molecular formula is C23H22N2O6S. The van der Waals surface area contributed by atoms with E-state index in [1.165, 1.54) is 28.6 Å². The molecule has 0 unspecified atom stereocenters. The summed E-state index contributed by atoms with van der Waals surface area (Å²) < 4.78 is 38.3. The van der Waals surface area contributed by atoms with Crippen LogP contribution in [0, 0.1) is 6.92 Å². The van der Waals surface area contributed by atoms with Crippen molar-refractivity contribution in [3.8, 4) is 0 Å². The van der Waals surface area contributed by atoms with Crippen LogP contribution in [0.15, 0.2) is 62.6 Å². The molecule has 3 aromatic rings. The van der Waals surface area contributed by atoms with Crippen LogP contribution < -0.4 is 10.5 Å². The third-order valence-corrected chi connectivity index (χ3v) is 8.02. The van der Waals surface area contributed by atoms with E-state index in [1.807, 2.05) is 25.1 Å². The molecule has 0 radical (unpaired) electrons. The molecule has 1 aromatic heterocycles. The molecule has 9 heteroatoms. The smallest absolute Gasteiger partial charge is 0.414 e. The van der Waals surface area contributed by atoms with Crippen LogP contribution in [0.25, 0.3) is 11.0 Å². The highest BCUT2D eigenvalue weighted by Crippen LogP contribution is 2.35. The summed E-state index contributed by atoms with van der Waals surface area (Å²) in [5.41, 5.74) is 2.69. The van der Waals surface area contributed by atoms with Gasteiger partial charge in [-0.05, 0) is 49.6 Å². The fourth-order valence-electron chi connectivity index (χ4n) is 4.51. The predicted molar refractivity (Wildman–Crippen MR) is 118 cm³/mol. The van der Waals surface area contributed by atoms with E-state index in [1.54, 1.807) is 11.0 Å². The molecule has 166 valence electrons. The van der Waals surface area contributed by atoms with Gasteiger partial charge in [-0.1, -0.05) is 18.2 Å². The molecule has 0 spiro atoms. The Hall–Kier alpha value is -3.17. The normalized spacial score (nSPS) is 17.9. The van der Waals surface area contributed by atoms with Crippen molar-refractivity contribution in [2.75, 3.05) is 18.0 Å². The minimum atomic E-state index is -3.72. The average molecular weight is 455 g/mol. The van der Waals surface area contributed by atoms with Gasteiger partial charge < -0.3 is 9.15 Å². The van der Waals surface area contributed by atoms with Gasteiger partial charge in [0.1, 0.15) is 12.2 Å². The SMILES string of the molecule is Cc1cccc2c1N(C1CCN(S(=O)(=O)c3ccc4oc(=O)ccc4c3)CC1)C(=O)OC2. The van der Waals surface area contributed by atoms with Crippen molar-refractivity contribution in [2.24, 2.45) is 0 Å². The monoisotopic (exact) mass is 454 g/mol. The summed E-state index contributed by atoms with van der Waals surface area (Å²) in [5, 5.41) is 0.545. The second-order valence-corrected chi connectivity index (χ2v) is 10.0. The molecule has 1 amide bonds. The maximum Gasteiger partial charge on any atom is 0.414 e. The number of fused-ring (bicyclic) bond motifs is 2. The Labute approximate surface area is 185 Å². The van der Waals surface area contributed by atoms with E-state index in [9.17, 15) is 18.0 Å². The molecule has 2 aliphatic rings. The number of carbonyl (C=O) groups is 1. The molecule has 0 bridgehead atoms. The number of amides is 1. The minimum absolute atomic E-state index is 0.139. The second kappa shape index (κ2) is 7.75. The Morgan fingerprint density at radius 2 is 1.78 bits per heavy atom. The highest BCUT2D eigenvalue weighted by molar-refractivity contribution is 7.89. The Morgan fingerprint density at radius 3 is 2.56 bits per heavy atom. The van der Waals surface area contributed by atoms with Gasteiger partial charge in [-0.3, -0.25) is 4.90 Å². The summed E-state index contributed by atoms with van der Waals surface area (Å²) in [6.45, 7) is 2.80. The summed E-state index contributed by atoms with van der Waals surface area (Å²) in [6, 6.07) is 13.0. The summed E-state index contributed by atoms with van der Waals surface area (Å²) in [4.78, 5) is 25.8. The number of sulfonamides is 1. The van der Waals surface area contributed by atoms with E-state index in [0.717, 1.165) is 16.8 Å². The lowest BCUT2D eigenvalue weighted by atomic mass is 10.00. The third-order valence-electron chi connectivity index (χ3n) is 6.13. The molecule has 0 saturated carbocycles. The van der Waals surface area contributed by atoms with Crippen LogP contribution in [0.5, 0.6) is 0 Å². The van der Waals surface area contributed by atoms with Crippen molar-refractivity contribution in [1.82, 2.24) is 4.31 Å². The first-order valence-corrected chi connectivity index (χ1v) is 11.9. The third kappa shape index (κ3) is 3.47. The van der Waals surface area contributed by atoms with Crippen molar-refractivity contribution in [3.05, 3.63) is 70.1 Å². The van der Waals surface area contributed by atoms with Gasteiger partial charge in [-0.2, -0.15) is 4.31 Å². The molecule has 0 aliphatic carbocycles. The molecule has 8 nitrogen and oxygen atoms in total. The van der Waals surface area contributed by atoms with Crippen LogP contribution in [0.4, 0.5) is 10.5 Å². The van der Waals surface area contributed by atoms with Gasteiger partial charge in [0.25, 0.3) is 0 Å². The van der Waals surface area contributed by atoms with Gasteiger partial charge in [0, 0.05) is 36.1 Å². The van der Waals surface area contributed by atoms with Crippen LogP contribution in [0.3, 0.4) is 0 Å². The number of hydrogen-bond donors (Lipinski definition) is 0. The number of ether oxygens (including phenoxy) is 1. The van der Waals surface area contributed by atoms with Gasteiger partial charge in [-0.25, -0.2) is 18.0 Å². The number of carbonyl (C=O) groups excluding carboxylic acids is 1. The highest BCUT2D eigenvalue weighted by atomic mass is 32.2.